The third-order valence-electron chi connectivity index (χ3n) is 2.52. The summed E-state index contributed by atoms with van der Waals surface area (Å²) in [5, 5.41) is 2.85. The van der Waals surface area contributed by atoms with Crippen molar-refractivity contribution >= 4 is 5.91 Å². The van der Waals surface area contributed by atoms with E-state index >= 15 is 0 Å². The maximum absolute atomic E-state index is 11.4. The van der Waals surface area contributed by atoms with Gasteiger partial charge < -0.3 is 14.8 Å². The zero-order chi connectivity index (χ0) is 12.5. The Morgan fingerprint density at radius 3 is 2.82 bits per heavy atom. The first-order valence-electron chi connectivity index (χ1n) is 5.78. The number of ether oxygens (including phenoxy) is 2. The van der Waals surface area contributed by atoms with Crippen LogP contribution in [-0.2, 0) is 14.3 Å². The highest BCUT2D eigenvalue weighted by molar-refractivity contribution is 5.93. The minimum Gasteiger partial charge on any atom is -0.383 e. The van der Waals surface area contributed by atoms with E-state index in [1.807, 2.05) is 0 Å². The van der Waals surface area contributed by atoms with Gasteiger partial charge in [0.2, 0.25) is 0 Å². The first-order chi connectivity index (χ1) is 8.26. The Labute approximate surface area is 102 Å². The van der Waals surface area contributed by atoms with Crippen molar-refractivity contribution in [2.45, 2.75) is 13.0 Å². The van der Waals surface area contributed by atoms with Gasteiger partial charge in [-0.3, -0.25) is 9.69 Å². The zero-order valence-corrected chi connectivity index (χ0v) is 10.5. The van der Waals surface area contributed by atoms with Gasteiger partial charge in [0, 0.05) is 26.7 Å². The second kappa shape index (κ2) is 8.07. The molecular formula is C12H20N2O3. The maximum atomic E-state index is 11.4. The van der Waals surface area contributed by atoms with Gasteiger partial charge >= 0.3 is 0 Å². The SMILES string of the molecule is CC#CC(=O)NC(COC)CN1CCOCC1. The van der Waals surface area contributed by atoms with Gasteiger partial charge in [-0.2, -0.15) is 0 Å². The molecule has 1 aliphatic heterocycles. The lowest BCUT2D eigenvalue weighted by Gasteiger charge is -2.30. The summed E-state index contributed by atoms with van der Waals surface area (Å²) in [7, 11) is 1.63. The molecule has 1 rings (SSSR count). The van der Waals surface area contributed by atoms with Gasteiger partial charge in [-0.1, -0.05) is 5.92 Å². The number of rotatable bonds is 5. The predicted octanol–water partition coefficient (Wildman–Crippen LogP) is -0.527. The van der Waals surface area contributed by atoms with Crippen molar-refractivity contribution in [3.05, 3.63) is 0 Å². The van der Waals surface area contributed by atoms with E-state index in [2.05, 4.69) is 22.1 Å². The van der Waals surface area contributed by atoms with Crippen LogP contribution in [0, 0.1) is 11.8 Å². The largest absolute Gasteiger partial charge is 0.383 e. The van der Waals surface area contributed by atoms with E-state index in [0.29, 0.717) is 6.61 Å². The smallest absolute Gasteiger partial charge is 0.296 e. The molecule has 0 aliphatic carbocycles. The molecule has 1 fully saturated rings. The summed E-state index contributed by atoms with van der Waals surface area (Å²) >= 11 is 0. The normalized spacial score (nSPS) is 18.0. The van der Waals surface area contributed by atoms with Crippen LogP contribution in [0.3, 0.4) is 0 Å². The van der Waals surface area contributed by atoms with E-state index in [0.717, 1.165) is 32.8 Å². The van der Waals surface area contributed by atoms with Crippen molar-refractivity contribution in [3.8, 4) is 11.8 Å². The van der Waals surface area contributed by atoms with Gasteiger partial charge in [0.25, 0.3) is 5.91 Å². The van der Waals surface area contributed by atoms with Crippen molar-refractivity contribution < 1.29 is 14.3 Å². The molecule has 96 valence electrons. The molecule has 1 unspecified atom stereocenters. The molecule has 0 aromatic heterocycles. The zero-order valence-electron chi connectivity index (χ0n) is 10.5. The third kappa shape index (κ3) is 5.68. The molecular weight excluding hydrogens is 220 g/mol. The topological polar surface area (TPSA) is 50.8 Å². The predicted molar refractivity (Wildman–Crippen MR) is 64.5 cm³/mol. The van der Waals surface area contributed by atoms with Gasteiger partial charge in [0.15, 0.2) is 0 Å². The molecule has 1 atom stereocenters. The molecule has 5 heteroatoms. The lowest BCUT2D eigenvalue weighted by molar-refractivity contribution is -0.117. The molecule has 0 spiro atoms. The highest BCUT2D eigenvalue weighted by Crippen LogP contribution is 1.99. The van der Waals surface area contributed by atoms with Crippen molar-refractivity contribution in [2.75, 3.05) is 46.6 Å². The van der Waals surface area contributed by atoms with Crippen LogP contribution in [0.4, 0.5) is 0 Å². The summed E-state index contributed by atoms with van der Waals surface area (Å²) in [6, 6.07) is -0.0218. The molecule has 0 aromatic carbocycles. The van der Waals surface area contributed by atoms with Crippen LogP contribution >= 0.6 is 0 Å². The van der Waals surface area contributed by atoms with Crippen LogP contribution < -0.4 is 5.32 Å². The average molecular weight is 240 g/mol. The summed E-state index contributed by atoms with van der Waals surface area (Å²) in [5.41, 5.74) is 0. The summed E-state index contributed by atoms with van der Waals surface area (Å²) in [6.45, 7) is 6.21. The fraction of sp³-hybridized carbons (Fsp3) is 0.750. The van der Waals surface area contributed by atoms with Gasteiger partial charge in [-0.15, -0.1) is 0 Å². The molecule has 0 aromatic rings. The Kier molecular flexibility index (Phi) is 6.63. The van der Waals surface area contributed by atoms with E-state index in [9.17, 15) is 4.79 Å². The average Bonchev–Trinajstić information content (AvgIpc) is 2.31. The van der Waals surface area contributed by atoms with E-state index in [4.69, 9.17) is 9.47 Å². The summed E-state index contributed by atoms with van der Waals surface area (Å²) in [4.78, 5) is 13.6. The van der Waals surface area contributed by atoms with Crippen LogP contribution in [0.2, 0.25) is 0 Å². The number of hydrogen-bond donors (Lipinski definition) is 1. The lowest BCUT2D eigenvalue weighted by Crippen LogP contribution is -2.49. The molecule has 1 amide bonds. The van der Waals surface area contributed by atoms with E-state index in [-0.39, 0.29) is 11.9 Å². The fourth-order valence-electron chi connectivity index (χ4n) is 1.77. The first kappa shape index (κ1) is 14.0. The number of amides is 1. The highest BCUT2D eigenvalue weighted by Gasteiger charge is 2.17. The monoisotopic (exact) mass is 240 g/mol. The Morgan fingerprint density at radius 1 is 1.53 bits per heavy atom. The van der Waals surface area contributed by atoms with Crippen molar-refractivity contribution in [1.29, 1.82) is 0 Å². The molecule has 0 radical (unpaired) electrons. The molecule has 1 saturated heterocycles. The highest BCUT2D eigenvalue weighted by atomic mass is 16.5. The Morgan fingerprint density at radius 2 is 2.24 bits per heavy atom. The van der Waals surface area contributed by atoms with Gasteiger partial charge in [0.05, 0.1) is 25.9 Å². The van der Waals surface area contributed by atoms with Crippen LogP contribution in [0.15, 0.2) is 0 Å². The lowest BCUT2D eigenvalue weighted by atomic mass is 10.2. The van der Waals surface area contributed by atoms with Crippen molar-refractivity contribution in [1.82, 2.24) is 10.2 Å². The van der Waals surface area contributed by atoms with Crippen molar-refractivity contribution in [2.24, 2.45) is 0 Å². The Hall–Kier alpha value is -1.09. The standard InChI is InChI=1S/C12H20N2O3/c1-3-4-12(15)13-11(10-16-2)9-14-5-7-17-8-6-14/h11H,5-10H2,1-2H3,(H,13,15). The molecule has 0 saturated carbocycles. The molecule has 17 heavy (non-hydrogen) atoms. The maximum Gasteiger partial charge on any atom is 0.296 e. The second-order valence-corrected chi connectivity index (χ2v) is 3.91. The van der Waals surface area contributed by atoms with E-state index in [1.165, 1.54) is 0 Å². The molecule has 1 heterocycles. The van der Waals surface area contributed by atoms with Gasteiger partial charge in [-0.25, -0.2) is 0 Å². The number of methoxy groups -OCH3 is 1. The number of hydrogen-bond acceptors (Lipinski definition) is 4. The minimum absolute atomic E-state index is 0.0218. The van der Waals surface area contributed by atoms with Crippen molar-refractivity contribution in [3.63, 3.8) is 0 Å². The van der Waals surface area contributed by atoms with Crippen LogP contribution in [0.25, 0.3) is 0 Å². The number of carbonyl (C=O) groups is 1. The van der Waals surface area contributed by atoms with Gasteiger partial charge in [-0.05, 0) is 12.8 Å². The first-order valence-corrected chi connectivity index (χ1v) is 5.78. The molecule has 1 N–H and O–H groups in total. The summed E-state index contributed by atoms with van der Waals surface area (Å²) in [6.07, 6.45) is 0. The molecule has 1 aliphatic rings. The summed E-state index contributed by atoms with van der Waals surface area (Å²) in [5.74, 6) is 4.81. The Bertz CT molecular complexity index is 290. The van der Waals surface area contributed by atoms with Crippen LogP contribution in [0.1, 0.15) is 6.92 Å². The third-order valence-corrected chi connectivity index (χ3v) is 2.52. The summed E-state index contributed by atoms with van der Waals surface area (Å²) < 4.78 is 10.4. The van der Waals surface area contributed by atoms with Crippen LogP contribution in [-0.4, -0.2) is 63.4 Å². The van der Waals surface area contributed by atoms with Gasteiger partial charge in [0.1, 0.15) is 0 Å². The fourth-order valence-corrected chi connectivity index (χ4v) is 1.77. The Balaban J connectivity index is 2.40. The molecule has 5 nitrogen and oxygen atoms in total. The van der Waals surface area contributed by atoms with E-state index in [1.54, 1.807) is 14.0 Å². The molecule has 0 bridgehead atoms. The minimum atomic E-state index is -0.247. The second-order valence-electron chi connectivity index (χ2n) is 3.91. The quantitative estimate of drug-likeness (QED) is 0.657. The van der Waals surface area contributed by atoms with E-state index < -0.39 is 0 Å². The number of carbonyl (C=O) groups excluding carboxylic acids is 1. The van der Waals surface area contributed by atoms with Crippen LogP contribution in [0.5, 0.6) is 0 Å². The number of nitrogens with one attached hydrogen (secondary N) is 1. The number of nitrogens with zero attached hydrogens (tertiary/aromatic N) is 1. The number of morpholine rings is 1.